The maximum Gasteiger partial charge on any atom is 0.240 e. The number of piperidine rings is 1. The summed E-state index contributed by atoms with van der Waals surface area (Å²) in [5.41, 5.74) is 1.31. The van der Waals surface area contributed by atoms with Crippen molar-refractivity contribution in [2.24, 2.45) is 5.92 Å². The molecule has 2 aromatic rings. The number of methoxy groups -OCH3 is 1. The summed E-state index contributed by atoms with van der Waals surface area (Å²) in [5, 5.41) is 2.76. The largest absolute Gasteiger partial charge is 0.495 e. The highest BCUT2D eigenvalue weighted by Crippen LogP contribution is 2.29. The van der Waals surface area contributed by atoms with E-state index in [2.05, 4.69) is 10.0 Å². The molecule has 1 aliphatic rings. The van der Waals surface area contributed by atoms with Gasteiger partial charge in [0.15, 0.2) is 0 Å². The molecule has 1 heterocycles. The number of nitrogens with one attached hydrogen (secondary N) is 2. The van der Waals surface area contributed by atoms with Crippen LogP contribution >= 0.6 is 0 Å². The molecule has 36 heavy (non-hydrogen) atoms. The standard InChI is InChI=1S/C25H35N3O6S2/c1-19(2)27-36(32,33)22-13-14-24(34-3)23(17-22)26-25(29)21-12-7-15-28(18-21)35(30,31)16-8-11-20-9-5-4-6-10-20/h4-6,9-10,13-14,17,19,21,27H,7-8,11-12,15-16,18H2,1-3H3,(H,26,29)/t21-/m1/s1. The number of sulfonamides is 2. The SMILES string of the molecule is COc1ccc(S(=O)(=O)NC(C)C)cc1NC(=O)[C@@H]1CCCN(S(=O)(=O)CCCc2ccccc2)C1. The predicted molar refractivity (Wildman–Crippen MR) is 140 cm³/mol. The van der Waals surface area contributed by atoms with Crippen LogP contribution < -0.4 is 14.8 Å². The number of amides is 1. The van der Waals surface area contributed by atoms with Gasteiger partial charge in [0.1, 0.15) is 5.75 Å². The van der Waals surface area contributed by atoms with Crippen molar-refractivity contribution in [3.8, 4) is 5.75 Å². The number of aryl methyl sites for hydroxylation is 1. The van der Waals surface area contributed by atoms with Crippen molar-refractivity contribution in [3.63, 3.8) is 0 Å². The van der Waals surface area contributed by atoms with E-state index in [1.807, 2.05) is 30.3 Å². The number of rotatable bonds is 11. The number of hydrogen-bond donors (Lipinski definition) is 2. The Balaban J connectivity index is 1.66. The average molecular weight is 538 g/mol. The van der Waals surface area contributed by atoms with Gasteiger partial charge in [-0.05, 0) is 63.3 Å². The third-order valence-electron chi connectivity index (χ3n) is 5.99. The average Bonchev–Trinajstić information content (AvgIpc) is 2.84. The van der Waals surface area contributed by atoms with Gasteiger partial charge in [-0.25, -0.2) is 25.9 Å². The summed E-state index contributed by atoms with van der Waals surface area (Å²) in [7, 11) is -5.84. The van der Waals surface area contributed by atoms with E-state index in [4.69, 9.17) is 4.74 Å². The third-order valence-corrected chi connectivity index (χ3v) is 9.57. The van der Waals surface area contributed by atoms with Crippen molar-refractivity contribution in [1.82, 2.24) is 9.03 Å². The van der Waals surface area contributed by atoms with Crippen LogP contribution in [0.15, 0.2) is 53.4 Å². The van der Waals surface area contributed by atoms with Crippen LogP contribution in [0.5, 0.6) is 5.75 Å². The number of nitrogens with zero attached hydrogens (tertiary/aromatic N) is 1. The summed E-state index contributed by atoms with van der Waals surface area (Å²) < 4.78 is 60.3. The number of carbonyl (C=O) groups is 1. The molecule has 9 nitrogen and oxygen atoms in total. The van der Waals surface area contributed by atoms with Crippen LogP contribution in [0.3, 0.4) is 0 Å². The Morgan fingerprint density at radius 1 is 1.11 bits per heavy atom. The second-order valence-electron chi connectivity index (χ2n) is 9.23. The van der Waals surface area contributed by atoms with Gasteiger partial charge in [-0.2, -0.15) is 0 Å². The smallest absolute Gasteiger partial charge is 0.240 e. The minimum Gasteiger partial charge on any atom is -0.495 e. The van der Waals surface area contributed by atoms with Crippen molar-refractivity contribution >= 4 is 31.6 Å². The molecule has 0 aromatic heterocycles. The Bertz CT molecular complexity index is 1250. The highest BCUT2D eigenvalue weighted by Gasteiger charge is 2.32. The van der Waals surface area contributed by atoms with Gasteiger partial charge >= 0.3 is 0 Å². The Hall–Kier alpha value is -2.47. The molecule has 0 radical (unpaired) electrons. The van der Waals surface area contributed by atoms with Crippen LogP contribution in [0.2, 0.25) is 0 Å². The van der Waals surface area contributed by atoms with Gasteiger partial charge in [-0.1, -0.05) is 30.3 Å². The van der Waals surface area contributed by atoms with Crippen molar-refractivity contribution in [3.05, 3.63) is 54.1 Å². The van der Waals surface area contributed by atoms with E-state index in [0.717, 1.165) is 5.56 Å². The van der Waals surface area contributed by atoms with E-state index in [1.165, 1.54) is 29.6 Å². The van der Waals surface area contributed by atoms with E-state index < -0.39 is 26.0 Å². The first-order chi connectivity index (χ1) is 17.0. The van der Waals surface area contributed by atoms with Crippen molar-refractivity contribution in [2.75, 3.05) is 31.3 Å². The Kier molecular flexibility index (Phi) is 9.51. The maximum atomic E-state index is 13.1. The second kappa shape index (κ2) is 12.2. The highest BCUT2D eigenvalue weighted by molar-refractivity contribution is 7.89. The van der Waals surface area contributed by atoms with Gasteiger partial charge in [-0.3, -0.25) is 4.79 Å². The van der Waals surface area contributed by atoms with Gasteiger partial charge in [0.25, 0.3) is 0 Å². The van der Waals surface area contributed by atoms with Crippen molar-refractivity contribution < 1.29 is 26.4 Å². The van der Waals surface area contributed by atoms with Crippen molar-refractivity contribution in [2.45, 2.75) is 50.5 Å². The molecule has 2 N–H and O–H groups in total. The molecule has 0 spiro atoms. The molecule has 1 aliphatic heterocycles. The first-order valence-corrected chi connectivity index (χ1v) is 15.1. The minimum absolute atomic E-state index is 0.00133. The van der Waals surface area contributed by atoms with Crippen LogP contribution in [0.25, 0.3) is 0 Å². The summed E-state index contributed by atoms with van der Waals surface area (Å²) in [4.78, 5) is 13.1. The normalized spacial score (nSPS) is 17.2. The van der Waals surface area contributed by atoms with E-state index in [0.29, 0.717) is 38.0 Å². The summed E-state index contributed by atoms with van der Waals surface area (Å²) in [6.07, 6.45) is 2.28. The lowest BCUT2D eigenvalue weighted by Gasteiger charge is -2.31. The van der Waals surface area contributed by atoms with E-state index in [-0.39, 0.29) is 34.8 Å². The van der Waals surface area contributed by atoms with Crippen molar-refractivity contribution in [1.29, 1.82) is 0 Å². The number of ether oxygens (including phenoxy) is 1. The predicted octanol–water partition coefficient (Wildman–Crippen LogP) is 3.00. The highest BCUT2D eigenvalue weighted by atomic mass is 32.2. The van der Waals surface area contributed by atoms with E-state index in [1.54, 1.807) is 13.8 Å². The first-order valence-electron chi connectivity index (χ1n) is 12.0. The second-order valence-corrected chi connectivity index (χ2v) is 13.0. The van der Waals surface area contributed by atoms with Crippen LogP contribution in [0, 0.1) is 5.92 Å². The molecule has 3 rings (SSSR count). The topological polar surface area (TPSA) is 122 Å². The fraction of sp³-hybridized carbons (Fsp3) is 0.480. The monoisotopic (exact) mass is 537 g/mol. The summed E-state index contributed by atoms with van der Waals surface area (Å²) in [6, 6.07) is 13.7. The summed E-state index contributed by atoms with van der Waals surface area (Å²) >= 11 is 0. The molecule has 1 fully saturated rings. The number of benzene rings is 2. The minimum atomic E-state index is -3.77. The van der Waals surface area contributed by atoms with E-state index in [9.17, 15) is 21.6 Å². The molecule has 198 valence electrons. The molecule has 1 saturated heterocycles. The van der Waals surface area contributed by atoms with Gasteiger partial charge in [0.05, 0.1) is 29.4 Å². The van der Waals surface area contributed by atoms with Gasteiger partial charge in [0.2, 0.25) is 26.0 Å². The molecule has 11 heteroatoms. The number of carbonyl (C=O) groups excluding carboxylic acids is 1. The summed E-state index contributed by atoms with van der Waals surface area (Å²) in [5.74, 6) is -0.592. The van der Waals surface area contributed by atoms with Crippen LogP contribution in [-0.2, 0) is 31.3 Å². The van der Waals surface area contributed by atoms with E-state index >= 15 is 0 Å². The fourth-order valence-electron chi connectivity index (χ4n) is 4.21. The summed E-state index contributed by atoms with van der Waals surface area (Å²) in [6.45, 7) is 3.91. The Morgan fingerprint density at radius 3 is 2.50 bits per heavy atom. The third kappa shape index (κ3) is 7.52. The molecular formula is C25H35N3O6S2. The lowest BCUT2D eigenvalue weighted by Crippen LogP contribution is -2.44. The fourth-order valence-corrected chi connectivity index (χ4v) is 7.07. The number of anilines is 1. The lowest BCUT2D eigenvalue weighted by atomic mass is 9.98. The maximum absolute atomic E-state index is 13.1. The van der Waals surface area contributed by atoms with Gasteiger partial charge < -0.3 is 10.1 Å². The molecule has 1 atom stereocenters. The zero-order valence-corrected chi connectivity index (χ0v) is 22.6. The first kappa shape index (κ1) is 28.1. The van der Waals surface area contributed by atoms with Gasteiger partial charge in [0, 0.05) is 19.1 Å². The van der Waals surface area contributed by atoms with Crippen LogP contribution in [0.4, 0.5) is 5.69 Å². The zero-order valence-electron chi connectivity index (χ0n) is 20.9. The molecule has 0 bridgehead atoms. The zero-order chi connectivity index (χ0) is 26.3. The Morgan fingerprint density at radius 2 is 1.83 bits per heavy atom. The quantitative estimate of drug-likeness (QED) is 0.455. The molecule has 0 saturated carbocycles. The van der Waals surface area contributed by atoms with Gasteiger partial charge in [-0.15, -0.1) is 0 Å². The lowest BCUT2D eigenvalue weighted by molar-refractivity contribution is -0.120. The van der Waals surface area contributed by atoms with Crippen LogP contribution in [-0.4, -0.2) is 59.0 Å². The molecule has 2 aromatic carbocycles. The number of hydrogen-bond acceptors (Lipinski definition) is 6. The molecular weight excluding hydrogens is 502 g/mol. The Labute approximate surface area is 214 Å². The molecule has 1 amide bonds. The molecule has 0 aliphatic carbocycles. The molecule has 0 unspecified atom stereocenters. The van der Waals surface area contributed by atoms with Crippen LogP contribution in [0.1, 0.15) is 38.7 Å².